The minimum absolute atomic E-state index is 0.0359. The number of rotatable bonds is 2. The molecule has 1 aliphatic rings. The molecule has 0 saturated heterocycles. The standard InChI is InChI=1S/C9H9N.C9H10O4/c1-10-7-6-8-4-2-3-5-9(8)10;1-9(8(12)13)4-2-3-6(5-9)7(10)11/h2-7H,1H3;2-4H,5H2,1H3,(H,10,11)(H,12,13). The van der Waals surface area contributed by atoms with Gasteiger partial charge in [0.2, 0.25) is 0 Å². The lowest BCUT2D eigenvalue weighted by molar-refractivity contribution is -0.145. The Kier molecular flexibility index (Phi) is 4.69. The van der Waals surface area contributed by atoms with Gasteiger partial charge in [-0.15, -0.1) is 0 Å². The highest BCUT2D eigenvalue weighted by Gasteiger charge is 2.34. The Morgan fingerprint density at radius 1 is 1.17 bits per heavy atom. The lowest BCUT2D eigenvalue weighted by Gasteiger charge is -2.23. The van der Waals surface area contributed by atoms with Gasteiger partial charge in [0.05, 0.1) is 5.41 Å². The Labute approximate surface area is 134 Å². The van der Waals surface area contributed by atoms with Crippen LogP contribution in [0, 0.1) is 5.41 Å². The summed E-state index contributed by atoms with van der Waals surface area (Å²) in [6.07, 6.45) is 6.51. The number of hydrogen-bond donors (Lipinski definition) is 2. The monoisotopic (exact) mass is 313 g/mol. The average Bonchev–Trinajstić information content (AvgIpc) is 2.90. The van der Waals surface area contributed by atoms with Crippen molar-refractivity contribution in [3.63, 3.8) is 0 Å². The molecular formula is C18H19NO4. The first-order valence-corrected chi connectivity index (χ1v) is 7.18. The molecule has 1 aromatic heterocycles. The molecule has 1 atom stereocenters. The summed E-state index contributed by atoms with van der Waals surface area (Å²) in [6, 6.07) is 10.5. The topological polar surface area (TPSA) is 79.5 Å². The van der Waals surface area contributed by atoms with E-state index >= 15 is 0 Å². The van der Waals surface area contributed by atoms with Crippen molar-refractivity contribution in [3.05, 3.63) is 60.3 Å². The van der Waals surface area contributed by atoms with E-state index < -0.39 is 17.4 Å². The smallest absolute Gasteiger partial charge is 0.331 e. The number of nitrogens with zero attached hydrogens (tertiary/aromatic N) is 1. The predicted molar refractivity (Wildman–Crippen MR) is 88.1 cm³/mol. The molecule has 3 rings (SSSR count). The highest BCUT2D eigenvalue weighted by Crippen LogP contribution is 2.31. The van der Waals surface area contributed by atoms with E-state index in [9.17, 15) is 9.59 Å². The van der Waals surface area contributed by atoms with Crippen molar-refractivity contribution in [1.82, 2.24) is 4.57 Å². The first-order chi connectivity index (χ1) is 10.8. The zero-order chi connectivity index (χ0) is 17.0. The summed E-state index contributed by atoms with van der Waals surface area (Å²) < 4.78 is 2.12. The second-order valence-corrected chi connectivity index (χ2v) is 5.74. The van der Waals surface area contributed by atoms with E-state index in [1.807, 2.05) is 0 Å². The molecule has 0 amide bonds. The van der Waals surface area contributed by atoms with E-state index in [0.717, 1.165) is 0 Å². The molecule has 120 valence electrons. The number of aromatic nitrogens is 1. The van der Waals surface area contributed by atoms with Crippen molar-refractivity contribution in [2.75, 3.05) is 0 Å². The number of aryl methyl sites for hydroxylation is 1. The molecule has 0 spiro atoms. The SMILES string of the molecule is CC1(C(=O)O)C=CC=C(C(=O)O)C1.Cn1ccc2ccccc21. The second kappa shape index (κ2) is 6.52. The summed E-state index contributed by atoms with van der Waals surface area (Å²) in [5.74, 6) is -2.06. The van der Waals surface area contributed by atoms with Gasteiger partial charge in [-0.1, -0.05) is 36.4 Å². The average molecular weight is 313 g/mol. The molecule has 2 N–H and O–H groups in total. The van der Waals surface area contributed by atoms with Gasteiger partial charge < -0.3 is 14.8 Å². The molecule has 23 heavy (non-hydrogen) atoms. The number of carbonyl (C=O) groups is 2. The summed E-state index contributed by atoms with van der Waals surface area (Å²) >= 11 is 0. The summed E-state index contributed by atoms with van der Waals surface area (Å²) in [7, 11) is 2.06. The van der Waals surface area contributed by atoms with Crippen molar-refractivity contribution in [1.29, 1.82) is 0 Å². The maximum atomic E-state index is 10.8. The number of fused-ring (bicyclic) bond motifs is 1. The van der Waals surface area contributed by atoms with E-state index in [1.54, 1.807) is 0 Å². The van der Waals surface area contributed by atoms with Crippen LogP contribution >= 0.6 is 0 Å². The van der Waals surface area contributed by atoms with Crippen LogP contribution in [0.5, 0.6) is 0 Å². The van der Waals surface area contributed by atoms with Crippen molar-refractivity contribution >= 4 is 22.8 Å². The Balaban J connectivity index is 0.000000172. The van der Waals surface area contributed by atoms with Gasteiger partial charge in [0.1, 0.15) is 0 Å². The minimum atomic E-state index is -1.08. The van der Waals surface area contributed by atoms with E-state index in [4.69, 9.17) is 10.2 Å². The summed E-state index contributed by atoms with van der Waals surface area (Å²) in [5, 5.41) is 18.8. The van der Waals surface area contributed by atoms with E-state index in [0.29, 0.717) is 0 Å². The van der Waals surface area contributed by atoms with Crippen molar-refractivity contribution in [2.24, 2.45) is 12.5 Å². The Morgan fingerprint density at radius 3 is 2.48 bits per heavy atom. The molecule has 0 aliphatic heterocycles. The molecule has 1 unspecified atom stereocenters. The third-order valence-corrected chi connectivity index (χ3v) is 3.88. The fourth-order valence-electron chi connectivity index (χ4n) is 2.41. The second-order valence-electron chi connectivity index (χ2n) is 5.74. The molecule has 0 bridgehead atoms. The van der Waals surface area contributed by atoms with Crippen molar-refractivity contribution in [2.45, 2.75) is 13.3 Å². The first kappa shape index (κ1) is 16.5. The molecular weight excluding hydrogens is 294 g/mol. The van der Waals surface area contributed by atoms with Crippen LogP contribution in [-0.4, -0.2) is 26.7 Å². The summed E-state index contributed by atoms with van der Waals surface area (Å²) in [5.41, 5.74) is 0.345. The van der Waals surface area contributed by atoms with E-state index in [1.165, 1.54) is 36.1 Å². The molecule has 1 heterocycles. The first-order valence-electron chi connectivity index (χ1n) is 7.18. The Bertz CT molecular complexity index is 800. The number of carboxylic acid groups (broad SMARTS) is 2. The number of benzene rings is 1. The maximum Gasteiger partial charge on any atom is 0.331 e. The van der Waals surface area contributed by atoms with Crippen LogP contribution in [0.4, 0.5) is 0 Å². The van der Waals surface area contributed by atoms with Crippen LogP contribution in [0.25, 0.3) is 10.9 Å². The highest BCUT2D eigenvalue weighted by molar-refractivity contribution is 5.90. The van der Waals surface area contributed by atoms with Crippen LogP contribution in [0.1, 0.15) is 13.3 Å². The Hall–Kier alpha value is -2.82. The van der Waals surface area contributed by atoms with E-state index in [-0.39, 0.29) is 12.0 Å². The third kappa shape index (κ3) is 3.69. The number of aliphatic carboxylic acids is 2. The summed E-state index contributed by atoms with van der Waals surface area (Å²) in [6.45, 7) is 1.50. The fourth-order valence-corrected chi connectivity index (χ4v) is 2.41. The molecule has 1 aromatic carbocycles. The number of hydrogen-bond acceptors (Lipinski definition) is 2. The number of carboxylic acids is 2. The van der Waals surface area contributed by atoms with Gasteiger partial charge in [-0.2, -0.15) is 0 Å². The maximum absolute atomic E-state index is 10.8. The van der Waals surface area contributed by atoms with Crippen molar-refractivity contribution in [3.8, 4) is 0 Å². The predicted octanol–water partition coefficient (Wildman–Crippen LogP) is 3.23. The quantitative estimate of drug-likeness (QED) is 0.892. The molecule has 0 saturated carbocycles. The largest absolute Gasteiger partial charge is 0.481 e. The number of para-hydroxylation sites is 1. The van der Waals surface area contributed by atoms with Crippen LogP contribution in [0.3, 0.4) is 0 Å². The summed E-state index contributed by atoms with van der Waals surface area (Å²) in [4.78, 5) is 21.3. The fraction of sp³-hybridized carbons (Fsp3) is 0.222. The van der Waals surface area contributed by atoms with Gasteiger partial charge in [-0.05, 0) is 30.9 Å². The van der Waals surface area contributed by atoms with Gasteiger partial charge in [0, 0.05) is 24.3 Å². The molecule has 0 radical (unpaired) electrons. The van der Waals surface area contributed by atoms with Crippen LogP contribution in [0.2, 0.25) is 0 Å². The van der Waals surface area contributed by atoms with Gasteiger partial charge in [0.15, 0.2) is 0 Å². The van der Waals surface area contributed by atoms with Gasteiger partial charge >= 0.3 is 11.9 Å². The van der Waals surface area contributed by atoms with Crippen LogP contribution < -0.4 is 0 Å². The van der Waals surface area contributed by atoms with Gasteiger partial charge in [0.25, 0.3) is 0 Å². The van der Waals surface area contributed by atoms with Gasteiger partial charge in [-0.3, -0.25) is 4.79 Å². The number of allylic oxidation sites excluding steroid dienone is 2. The zero-order valence-electron chi connectivity index (χ0n) is 13.1. The van der Waals surface area contributed by atoms with Crippen LogP contribution in [-0.2, 0) is 16.6 Å². The lowest BCUT2D eigenvalue weighted by atomic mass is 9.80. The highest BCUT2D eigenvalue weighted by atomic mass is 16.4. The van der Waals surface area contributed by atoms with Gasteiger partial charge in [-0.25, -0.2) is 4.79 Å². The third-order valence-electron chi connectivity index (χ3n) is 3.88. The zero-order valence-corrected chi connectivity index (χ0v) is 13.1. The lowest BCUT2D eigenvalue weighted by Crippen LogP contribution is -2.28. The van der Waals surface area contributed by atoms with Crippen molar-refractivity contribution < 1.29 is 19.8 Å². The molecule has 5 heteroatoms. The Morgan fingerprint density at radius 2 is 1.87 bits per heavy atom. The molecule has 1 aliphatic carbocycles. The van der Waals surface area contributed by atoms with E-state index in [2.05, 4.69) is 48.1 Å². The van der Waals surface area contributed by atoms with Crippen LogP contribution in [0.15, 0.2) is 60.3 Å². The normalized spacial score (nSPS) is 19.7. The minimum Gasteiger partial charge on any atom is -0.481 e. The molecule has 2 aromatic rings. The molecule has 5 nitrogen and oxygen atoms in total. The molecule has 0 fully saturated rings.